The molecule has 2 aliphatic rings. The van der Waals surface area contributed by atoms with Crippen LogP contribution in [0.5, 0.6) is 0 Å². The lowest BCUT2D eigenvalue weighted by Crippen LogP contribution is -3.18. The zero-order valence-corrected chi connectivity index (χ0v) is 16.1. The van der Waals surface area contributed by atoms with Crippen LogP contribution in [0.25, 0.3) is 0 Å². The first-order valence-electron chi connectivity index (χ1n) is 8.22. The fourth-order valence-electron chi connectivity index (χ4n) is 3.46. The van der Waals surface area contributed by atoms with Gasteiger partial charge in [-0.05, 0) is 36.8 Å². The number of thiocarbonyl (C=S) groups is 1. The van der Waals surface area contributed by atoms with E-state index < -0.39 is 9.84 Å². The molecule has 0 radical (unpaired) electrons. The molecule has 2 aliphatic heterocycles. The van der Waals surface area contributed by atoms with Gasteiger partial charge in [-0.1, -0.05) is 17.7 Å². The summed E-state index contributed by atoms with van der Waals surface area (Å²) in [5.41, 5.74) is 1.92. The highest BCUT2D eigenvalue weighted by atomic mass is 35.5. The van der Waals surface area contributed by atoms with Crippen LogP contribution in [0, 0.1) is 6.92 Å². The molecular formula is C16H23ClN3O2S2+. The fourth-order valence-corrected chi connectivity index (χ4v) is 5.75. The molecule has 0 saturated carbocycles. The summed E-state index contributed by atoms with van der Waals surface area (Å²) in [4.78, 5) is 3.55. The van der Waals surface area contributed by atoms with Crippen molar-refractivity contribution in [3.63, 3.8) is 0 Å². The lowest BCUT2D eigenvalue weighted by Gasteiger charge is -2.36. The second-order valence-electron chi connectivity index (χ2n) is 6.59. The van der Waals surface area contributed by atoms with Gasteiger partial charge in [0.15, 0.2) is 14.9 Å². The summed E-state index contributed by atoms with van der Waals surface area (Å²) < 4.78 is 23.3. The fraction of sp³-hybridized carbons (Fsp3) is 0.562. The Morgan fingerprint density at radius 3 is 2.71 bits per heavy atom. The van der Waals surface area contributed by atoms with Crippen LogP contribution in [0.1, 0.15) is 12.0 Å². The minimum atomic E-state index is -2.81. The standard InChI is InChI=1S/C16H22ClN3O2S2/c1-12-14(17)3-2-4-15(12)18-16(23)20-8-6-19(7-9-20)13-5-10-24(21,22)11-13/h2-4,13H,5-11H2,1H3,(H,18,23)/p+1/t13-/m0/s1. The number of hydrogen-bond donors (Lipinski definition) is 2. The molecule has 0 bridgehead atoms. The number of anilines is 1. The van der Waals surface area contributed by atoms with E-state index in [1.165, 1.54) is 4.90 Å². The van der Waals surface area contributed by atoms with E-state index in [2.05, 4.69) is 10.2 Å². The van der Waals surface area contributed by atoms with Crippen molar-refractivity contribution in [3.8, 4) is 0 Å². The molecule has 1 aromatic rings. The molecule has 0 unspecified atom stereocenters. The molecule has 2 heterocycles. The smallest absolute Gasteiger partial charge is 0.173 e. The maximum Gasteiger partial charge on any atom is 0.173 e. The number of quaternary nitrogens is 1. The molecule has 1 atom stereocenters. The molecule has 8 heteroatoms. The molecule has 3 rings (SSSR count). The zero-order valence-electron chi connectivity index (χ0n) is 13.7. The highest BCUT2D eigenvalue weighted by Gasteiger charge is 2.37. The molecule has 0 aromatic heterocycles. The Hall–Kier alpha value is -0.890. The van der Waals surface area contributed by atoms with E-state index in [1.54, 1.807) is 0 Å². The molecule has 1 aromatic carbocycles. The minimum Gasteiger partial charge on any atom is -0.338 e. The Labute approximate surface area is 153 Å². The predicted molar refractivity (Wildman–Crippen MR) is 102 cm³/mol. The molecule has 132 valence electrons. The van der Waals surface area contributed by atoms with Crippen LogP contribution in [0.2, 0.25) is 5.02 Å². The maximum atomic E-state index is 11.7. The molecule has 2 fully saturated rings. The summed E-state index contributed by atoms with van der Waals surface area (Å²) in [6, 6.07) is 6.00. The number of nitrogens with zero attached hydrogens (tertiary/aromatic N) is 1. The molecule has 0 amide bonds. The Morgan fingerprint density at radius 2 is 2.08 bits per heavy atom. The van der Waals surface area contributed by atoms with Crippen LogP contribution in [0.4, 0.5) is 5.69 Å². The normalized spacial score (nSPS) is 24.1. The third-order valence-corrected chi connectivity index (χ3v) is 7.55. The van der Waals surface area contributed by atoms with Crippen molar-refractivity contribution in [2.24, 2.45) is 0 Å². The minimum absolute atomic E-state index is 0.258. The first kappa shape index (κ1) is 17.9. The van der Waals surface area contributed by atoms with Gasteiger partial charge in [-0.2, -0.15) is 0 Å². The van der Waals surface area contributed by atoms with Gasteiger partial charge in [0, 0.05) is 17.1 Å². The summed E-state index contributed by atoms with van der Waals surface area (Å²) in [5, 5.41) is 4.71. The van der Waals surface area contributed by atoms with Gasteiger partial charge in [-0.3, -0.25) is 0 Å². The summed E-state index contributed by atoms with van der Waals surface area (Å²) in [6.45, 7) is 5.51. The number of nitrogens with one attached hydrogen (secondary N) is 2. The molecule has 2 N–H and O–H groups in total. The van der Waals surface area contributed by atoms with Gasteiger partial charge in [0.05, 0.1) is 31.9 Å². The highest BCUT2D eigenvalue weighted by Crippen LogP contribution is 2.23. The van der Waals surface area contributed by atoms with Gasteiger partial charge in [0.25, 0.3) is 0 Å². The number of benzene rings is 1. The van der Waals surface area contributed by atoms with Gasteiger partial charge in [0.2, 0.25) is 0 Å². The van der Waals surface area contributed by atoms with Gasteiger partial charge in [0.1, 0.15) is 11.8 Å². The van der Waals surface area contributed by atoms with Crippen LogP contribution < -0.4 is 10.2 Å². The zero-order chi connectivity index (χ0) is 17.3. The topological polar surface area (TPSA) is 53.9 Å². The third-order valence-electron chi connectivity index (χ3n) is 5.01. The first-order chi connectivity index (χ1) is 11.4. The Balaban J connectivity index is 1.55. The van der Waals surface area contributed by atoms with Crippen molar-refractivity contribution >= 4 is 44.5 Å². The first-order valence-corrected chi connectivity index (χ1v) is 10.8. The summed E-state index contributed by atoms with van der Waals surface area (Å²) >= 11 is 11.7. The number of hydrogen-bond acceptors (Lipinski definition) is 3. The summed E-state index contributed by atoms with van der Waals surface area (Å²) in [6.07, 6.45) is 0.794. The van der Waals surface area contributed by atoms with Gasteiger partial charge < -0.3 is 15.1 Å². The number of piperazine rings is 1. The number of rotatable bonds is 2. The van der Waals surface area contributed by atoms with Crippen LogP contribution in [0.3, 0.4) is 0 Å². The largest absolute Gasteiger partial charge is 0.338 e. The maximum absolute atomic E-state index is 11.7. The van der Waals surface area contributed by atoms with E-state index in [0.29, 0.717) is 16.6 Å². The van der Waals surface area contributed by atoms with Crippen LogP contribution in [-0.2, 0) is 9.84 Å². The quantitative estimate of drug-likeness (QED) is 0.732. The van der Waals surface area contributed by atoms with Crippen molar-refractivity contribution in [2.45, 2.75) is 19.4 Å². The van der Waals surface area contributed by atoms with Crippen molar-refractivity contribution < 1.29 is 13.3 Å². The van der Waals surface area contributed by atoms with Crippen LogP contribution in [-0.4, -0.2) is 62.2 Å². The third kappa shape index (κ3) is 4.02. The van der Waals surface area contributed by atoms with Crippen LogP contribution >= 0.6 is 23.8 Å². The Morgan fingerprint density at radius 1 is 1.38 bits per heavy atom. The van der Waals surface area contributed by atoms with Crippen molar-refractivity contribution in [3.05, 3.63) is 28.8 Å². The summed E-state index contributed by atoms with van der Waals surface area (Å²) in [7, 11) is -2.81. The van der Waals surface area contributed by atoms with Gasteiger partial charge in [-0.15, -0.1) is 0 Å². The van der Waals surface area contributed by atoms with E-state index in [0.717, 1.165) is 48.9 Å². The van der Waals surface area contributed by atoms with E-state index in [-0.39, 0.29) is 6.04 Å². The van der Waals surface area contributed by atoms with Gasteiger partial charge >= 0.3 is 0 Å². The van der Waals surface area contributed by atoms with E-state index in [4.69, 9.17) is 23.8 Å². The number of sulfone groups is 1. The predicted octanol–water partition coefficient (Wildman–Crippen LogP) is 0.733. The van der Waals surface area contributed by atoms with Crippen molar-refractivity contribution in [2.75, 3.05) is 43.0 Å². The van der Waals surface area contributed by atoms with Crippen molar-refractivity contribution in [1.82, 2.24) is 4.90 Å². The Kier molecular flexibility index (Phi) is 5.34. The van der Waals surface area contributed by atoms with E-state index in [9.17, 15) is 8.42 Å². The van der Waals surface area contributed by atoms with E-state index >= 15 is 0 Å². The van der Waals surface area contributed by atoms with Crippen LogP contribution in [0.15, 0.2) is 18.2 Å². The lowest BCUT2D eigenvalue weighted by molar-refractivity contribution is -0.925. The number of halogens is 1. The lowest BCUT2D eigenvalue weighted by atomic mass is 10.2. The van der Waals surface area contributed by atoms with E-state index in [1.807, 2.05) is 25.1 Å². The second kappa shape index (κ2) is 7.15. The van der Waals surface area contributed by atoms with Gasteiger partial charge in [-0.25, -0.2) is 8.42 Å². The average Bonchev–Trinajstić information content (AvgIpc) is 2.92. The molecule has 5 nitrogen and oxygen atoms in total. The average molecular weight is 389 g/mol. The second-order valence-corrected chi connectivity index (χ2v) is 9.61. The Bertz CT molecular complexity index is 731. The molecule has 2 saturated heterocycles. The molecule has 0 spiro atoms. The monoisotopic (exact) mass is 388 g/mol. The molecular weight excluding hydrogens is 366 g/mol. The highest BCUT2D eigenvalue weighted by molar-refractivity contribution is 7.91. The summed E-state index contributed by atoms with van der Waals surface area (Å²) in [5.74, 6) is 0.686. The molecule has 24 heavy (non-hydrogen) atoms. The molecule has 0 aliphatic carbocycles. The SMILES string of the molecule is Cc1c(Cl)cccc1NC(=S)N1CC[NH+]([C@H]2CCS(=O)(=O)C2)CC1. The van der Waals surface area contributed by atoms with Crippen molar-refractivity contribution in [1.29, 1.82) is 0 Å².